The molecule has 0 aliphatic carbocycles. The molecule has 0 amide bonds. The first kappa shape index (κ1) is 17.4. The lowest BCUT2D eigenvalue weighted by Crippen LogP contribution is -2.46. The van der Waals surface area contributed by atoms with Gasteiger partial charge >= 0.3 is 5.97 Å². The van der Waals surface area contributed by atoms with Crippen molar-refractivity contribution in [3.05, 3.63) is 0 Å². The number of esters is 1. The molecule has 0 aromatic heterocycles. The maximum absolute atomic E-state index is 11.7. The van der Waals surface area contributed by atoms with E-state index in [0.717, 1.165) is 13.1 Å². The van der Waals surface area contributed by atoms with E-state index in [0.29, 0.717) is 19.8 Å². The first-order valence-electron chi connectivity index (χ1n) is 6.71. The van der Waals surface area contributed by atoms with Gasteiger partial charge in [-0.2, -0.15) is 0 Å². The fourth-order valence-corrected chi connectivity index (χ4v) is 1.56. The molecule has 18 heavy (non-hydrogen) atoms. The van der Waals surface area contributed by atoms with Crippen molar-refractivity contribution in [1.29, 1.82) is 0 Å². The van der Waals surface area contributed by atoms with E-state index in [4.69, 9.17) is 9.47 Å². The van der Waals surface area contributed by atoms with Gasteiger partial charge in [-0.3, -0.25) is 4.79 Å². The van der Waals surface area contributed by atoms with Crippen molar-refractivity contribution >= 4 is 5.97 Å². The Hall–Kier alpha value is -0.650. The standard InChI is InChI=1S/C13H28N2O3/c1-6-14-12(13(16)17-7-2)10-15(5)8-9-18-11(3)4/h11-12,14H,6-10H2,1-5H3. The third-order valence-electron chi connectivity index (χ3n) is 2.44. The molecule has 108 valence electrons. The van der Waals surface area contributed by atoms with Crippen LogP contribution in [0.15, 0.2) is 0 Å². The average Bonchev–Trinajstić information content (AvgIpc) is 2.28. The number of rotatable bonds is 10. The smallest absolute Gasteiger partial charge is 0.324 e. The van der Waals surface area contributed by atoms with Crippen molar-refractivity contribution in [1.82, 2.24) is 10.2 Å². The quantitative estimate of drug-likeness (QED) is 0.591. The number of carbonyl (C=O) groups excluding carboxylic acids is 1. The van der Waals surface area contributed by atoms with Gasteiger partial charge in [-0.1, -0.05) is 6.92 Å². The molecule has 0 aliphatic rings. The average molecular weight is 260 g/mol. The number of nitrogens with zero attached hydrogens (tertiary/aromatic N) is 1. The third-order valence-corrected chi connectivity index (χ3v) is 2.44. The molecule has 5 nitrogen and oxygen atoms in total. The van der Waals surface area contributed by atoms with Crippen molar-refractivity contribution in [2.24, 2.45) is 0 Å². The van der Waals surface area contributed by atoms with Gasteiger partial charge in [-0.25, -0.2) is 0 Å². The van der Waals surface area contributed by atoms with E-state index in [9.17, 15) is 4.79 Å². The van der Waals surface area contributed by atoms with Crippen LogP contribution < -0.4 is 5.32 Å². The van der Waals surface area contributed by atoms with Gasteiger partial charge < -0.3 is 19.7 Å². The van der Waals surface area contributed by atoms with E-state index < -0.39 is 0 Å². The van der Waals surface area contributed by atoms with Crippen LogP contribution in [0.4, 0.5) is 0 Å². The van der Waals surface area contributed by atoms with Gasteiger partial charge in [0.2, 0.25) is 0 Å². The Morgan fingerprint density at radius 3 is 2.50 bits per heavy atom. The maximum atomic E-state index is 11.7. The van der Waals surface area contributed by atoms with E-state index in [2.05, 4.69) is 10.2 Å². The van der Waals surface area contributed by atoms with Crippen LogP contribution in [0, 0.1) is 0 Å². The Labute approximate surface area is 111 Å². The first-order chi connectivity index (χ1) is 8.51. The summed E-state index contributed by atoms with van der Waals surface area (Å²) in [6.07, 6.45) is 0.244. The zero-order valence-electron chi connectivity index (χ0n) is 12.4. The number of likely N-dealkylation sites (N-methyl/N-ethyl adjacent to an activating group) is 2. The monoisotopic (exact) mass is 260 g/mol. The Kier molecular flexibility index (Phi) is 9.92. The minimum atomic E-state index is -0.265. The lowest BCUT2D eigenvalue weighted by Gasteiger charge is -2.23. The van der Waals surface area contributed by atoms with Crippen LogP contribution in [0.25, 0.3) is 0 Å². The topological polar surface area (TPSA) is 50.8 Å². The first-order valence-corrected chi connectivity index (χ1v) is 6.71. The SMILES string of the molecule is CCNC(CN(C)CCOC(C)C)C(=O)OCC. The van der Waals surface area contributed by atoms with Crippen LogP contribution in [0.5, 0.6) is 0 Å². The fourth-order valence-electron chi connectivity index (χ4n) is 1.56. The number of hydrogen-bond donors (Lipinski definition) is 1. The largest absolute Gasteiger partial charge is 0.465 e. The minimum absolute atomic E-state index is 0.184. The van der Waals surface area contributed by atoms with Gasteiger partial charge in [0.15, 0.2) is 0 Å². The summed E-state index contributed by atoms with van der Waals surface area (Å²) in [4.78, 5) is 13.8. The second kappa shape index (κ2) is 10.3. The molecule has 0 aromatic rings. The van der Waals surface area contributed by atoms with Gasteiger partial charge in [-0.05, 0) is 34.4 Å². The summed E-state index contributed by atoms with van der Waals surface area (Å²) in [7, 11) is 1.98. The Morgan fingerprint density at radius 1 is 1.33 bits per heavy atom. The van der Waals surface area contributed by atoms with Crippen LogP contribution in [-0.2, 0) is 14.3 Å². The Balaban J connectivity index is 4.02. The molecule has 1 N–H and O–H groups in total. The highest BCUT2D eigenvalue weighted by molar-refractivity contribution is 5.76. The number of ether oxygens (including phenoxy) is 2. The van der Waals surface area contributed by atoms with E-state index >= 15 is 0 Å². The van der Waals surface area contributed by atoms with Crippen molar-refractivity contribution in [3.8, 4) is 0 Å². The molecule has 0 saturated carbocycles. The summed E-state index contributed by atoms with van der Waals surface area (Å²) in [5.41, 5.74) is 0. The molecule has 1 atom stereocenters. The maximum Gasteiger partial charge on any atom is 0.324 e. The zero-order chi connectivity index (χ0) is 14.0. The molecule has 0 aliphatic heterocycles. The highest BCUT2D eigenvalue weighted by Gasteiger charge is 2.20. The predicted octanol–water partition coefficient (Wildman–Crippen LogP) is 0.884. The molecule has 0 aromatic carbocycles. The van der Waals surface area contributed by atoms with E-state index in [1.165, 1.54) is 0 Å². The van der Waals surface area contributed by atoms with Crippen LogP contribution in [0.1, 0.15) is 27.7 Å². The Bertz CT molecular complexity index is 222. The summed E-state index contributed by atoms with van der Waals surface area (Å²) in [6, 6.07) is -0.265. The second-order valence-corrected chi connectivity index (χ2v) is 4.54. The van der Waals surface area contributed by atoms with Gasteiger partial charge in [-0.15, -0.1) is 0 Å². The van der Waals surface area contributed by atoms with Gasteiger partial charge in [0.25, 0.3) is 0 Å². The summed E-state index contributed by atoms with van der Waals surface area (Å²) < 4.78 is 10.5. The number of hydrogen-bond acceptors (Lipinski definition) is 5. The highest BCUT2D eigenvalue weighted by Crippen LogP contribution is 1.95. The minimum Gasteiger partial charge on any atom is -0.465 e. The molecular formula is C13H28N2O3. The van der Waals surface area contributed by atoms with Gasteiger partial charge in [0, 0.05) is 13.1 Å². The lowest BCUT2D eigenvalue weighted by atomic mass is 10.2. The van der Waals surface area contributed by atoms with Gasteiger partial charge in [0.05, 0.1) is 19.3 Å². The third kappa shape index (κ3) is 8.44. The summed E-state index contributed by atoms with van der Waals surface area (Å²) >= 11 is 0. The van der Waals surface area contributed by atoms with Crippen LogP contribution >= 0.6 is 0 Å². The molecule has 0 radical (unpaired) electrons. The molecule has 0 saturated heterocycles. The van der Waals surface area contributed by atoms with Gasteiger partial charge in [0.1, 0.15) is 6.04 Å². The lowest BCUT2D eigenvalue weighted by molar-refractivity contribution is -0.146. The molecule has 0 bridgehead atoms. The Morgan fingerprint density at radius 2 is 2.00 bits per heavy atom. The zero-order valence-corrected chi connectivity index (χ0v) is 12.4. The van der Waals surface area contributed by atoms with E-state index in [-0.39, 0.29) is 18.1 Å². The summed E-state index contributed by atoms with van der Waals surface area (Å²) in [6.45, 7) is 11.1. The highest BCUT2D eigenvalue weighted by atomic mass is 16.5. The molecule has 5 heteroatoms. The number of carbonyl (C=O) groups is 1. The molecule has 0 rings (SSSR count). The van der Waals surface area contributed by atoms with Crippen molar-refractivity contribution in [2.45, 2.75) is 39.8 Å². The molecule has 0 fully saturated rings. The van der Waals surface area contributed by atoms with E-state index in [1.807, 2.05) is 34.7 Å². The van der Waals surface area contributed by atoms with Crippen LogP contribution in [0.2, 0.25) is 0 Å². The van der Waals surface area contributed by atoms with Crippen LogP contribution in [-0.4, -0.2) is 62.9 Å². The van der Waals surface area contributed by atoms with Crippen molar-refractivity contribution < 1.29 is 14.3 Å². The van der Waals surface area contributed by atoms with E-state index in [1.54, 1.807) is 0 Å². The van der Waals surface area contributed by atoms with Crippen molar-refractivity contribution in [3.63, 3.8) is 0 Å². The summed E-state index contributed by atoms with van der Waals surface area (Å²) in [5.74, 6) is -0.184. The number of nitrogens with one attached hydrogen (secondary N) is 1. The molecular weight excluding hydrogens is 232 g/mol. The molecule has 0 spiro atoms. The predicted molar refractivity (Wildman–Crippen MR) is 72.7 cm³/mol. The van der Waals surface area contributed by atoms with Crippen LogP contribution in [0.3, 0.4) is 0 Å². The molecule has 0 heterocycles. The normalized spacial score (nSPS) is 13.1. The second-order valence-electron chi connectivity index (χ2n) is 4.54. The fraction of sp³-hybridized carbons (Fsp3) is 0.923. The summed E-state index contributed by atoms with van der Waals surface area (Å²) in [5, 5.41) is 3.14. The van der Waals surface area contributed by atoms with Crippen molar-refractivity contribution in [2.75, 3.05) is 39.9 Å². The molecule has 1 unspecified atom stereocenters.